The highest BCUT2D eigenvalue weighted by Gasteiger charge is 2.43. The van der Waals surface area contributed by atoms with Crippen LogP contribution in [0.15, 0.2) is 36.5 Å². The first-order valence-corrected chi connectivity index (χ1v) is 14.1. The molecule has 5 rings (SSSR count). The highest BCUT2D eigenvalue weighted by Crippen LogP contribution is 2.40. The van der Waals surface area contributed by atoms with Gasteiger partial charge in [0, 0.05) is 70.1 Å². The second kappa shape index (κ2) is 11.6. The molecule has 0 aliphatic carbocycles. The molecule has 222 valence electrons. The van der Waals surface area contributed by atoms with Gasteiger partial charge in [0.1, 0.15) is 18.1 Å². The Hall–Kier alpha value is -3.15. The number of nitrogens with zero attached hydrogens (tertiary/aromatic N) is 5. The van der Waals surface area contributed by atoms with E-state index in [-0.39, 0.29) is 48.9 Å². The number of methoxy groups -OCH3 is 1. The first-order valence-electron chi connectivity index (χ1n) is 14.1. The molecule has 11 heteroatoms. The third-order valence-corrected chi connectivity index (χ3v) is 8.62. The van der Waals surface area contributed by atoms with Gasteiger partial charge in [0.25, 0.3) is 0 Å². The maximum atomic E-state index is 14.4. The van der Waals surface area contributed by atoms with E-state index in [1.807, 2.05) is 29.0 Å². The van der Waals surface area contributed by atoms with E-state index in [2.05, 4.69) is 13.8 Å². The van der Waals surface area contributed by atoms with Crippen molar-refractivity contribution in [2.45, 2.75) is 57.0 Å². The van der Waals surface area contributed by atoms with Crippen molar-refractivity contribution >= 4 is 17.7 Å². The van der Waals surface area contributed by atoms with Crippen molar-refractivity contribution < 1.29 is 28.2 Å². The highest BCUT2D eigenvalue weighted by atomic mass is 19.1. The molecule has 1 N–H and O–H groups in total. The van der Waals surface area contributed by atoms with Crippen LogP contribution in [-0.2, 0) is 21.4 Å². The molecule has 3 aliphatic rings. The quantitative estimate of drug-likeness (QED) is 0.546. The Bertz CT molecular complexity index is 1280. The molecule has 1 aromatic heterocycles. The number of carbonyl (C=O) groups is 2. The van der Waals surface area contributed by atoms with E-state index >= 15 is 0 Å². The summed E-state index contributed by atoms with van der Waals surface area (Å²) in [7, 11) is 1.50. The summed E-state index contributed by atoms with van der Waals surface area (Å²) in [6.45, 7) is 8.28. The number of piperazine rings is 1. The molecule has 0 spiro atoms. The van der Waals surface area contributed by atoms with E-state index in [4.69, 9.17) is 9.72 Å². The average molecular weight is 572 g/mol. The number of fused-ring (bicyclic) bond motifs is 1. The van der Waals surface area contributed by atoms with Gasteiger partial charge in [-0.1, -0.05) is 26.0 Å². The van der Waals surface area contributed by atoms with Crippen molar-refractivity contribution in [2.75, 3.05) is 57.8 Å². The predicted molar refractivity (Wildman–Crippen MR) is 151 cm³/mol. The number of likely N-dealkylation sites (tertiary alicyclic amines) is 1. The number of hydrogen-bond acceptors (Lipinski definition) is 6. The Morgan fingerprint density at radius 3 is 2.51 bits per heavy atom. The lowest BCUT2D eigenvalue weighted by molar-refractivity contribution is -0.121. The lowest BCUT2D eigenvalue weighted by Gasteiger charge is -2.45. The fourth-order valence-corrected chi connectivity index (χ4v) is 6.41. The Kier molecular flexibility index (Phi) is 8.31. The molecule has 0 radical (unpaired) electrons. The van der Waals surface area contributed by atoms with Crippen molar-refractivity contribution in [2.24, 2.45) is 0 Å². The molecule has 2 aromatic rings. The van der Waals surface area contributed by atoms with Crippen LogP contribution in [0.1, 0.15) is 37.6 Å². The number of carbonyl (C=O) groups excluding carboxylic acids is 1. The maximum absolute atomic E-state index is 14.4. The normalized spacial score (nSPS) is 26.4. The van der Waals surface area contributed by atoms with Crippen LogP contribution in [0, 0.1) is 5.82 Å². The number of anilines is 1. The number of amides is 2. The maximum Gasteiger partial charge on any atom is 0.407 e. The predicted octanol–water partition coefficient (Wildman–Crippen LogP) is 3.16. The number of alkyl halides is 1. The van der Waals surface area contributed by atoms with Crippen LogP contribution >= 0.6 is 0 Å². The second-order valence-electron chi connectivity index (χ2n) is 12.3. The summed E-state index contributed by atoms with van der Waals surface area (Å²) in [5, 5.41) is 9.78. The number of ether oxygens (including phenoxy) is 1. The molecular formula is C30H39F2N5O4. The number of rotatable bonds is 7. The monoisotopic (exact) mass is 571 g/mol. The van der Waals surface area contributed by atoms with Gasteiger partial charge in [0.15, 0.2) is 0 Å². The number of carboxylic acid groups (broad SMARTS) is 1. The van der Waals surface area contributed by atoms with Gasteiger partial charge in [-0.25, -0.2) is 13.6 Å². The van der Waals surface area contributed by atoms with Gasteiger partial charge in [-0.3, -0.25) is 19.6 Å². The summed E-state index contributed by atoms with van der Waals surface area (Å²) in [6, 6.07) is 7.79. The Morgan fingerprint density at radius 1 is 1.12 bits per heavy atom. The molecule has 4 atom stereocenters. The Morgan fingerprint density at radius 2 is 1.85 bits per heavy atom. The largest absolute Gasteiger partial charge is 0.465 e. The van der Waals surface area contributed by atoms with Crippen LogP contribution in [-0.4, -0.2) is 114 Å². The first-order chi connectivity index (χ1) is 19.4. The zero-order valence-electron chi connectivity index (χ0n) is 24.1. The first kappa shape index (κ1) is 29.3. The minimum absolute atomic E-state index is 0.0851. The van der Waals surface area contributed by atoms with Gasteiger partial charge in [0.05, 0.1) is 17.9 Å². The summed E-state index contributed by atoms with van der Waals surface area (Å²) in [5.41, 5.74) is 3.16. The smallest absolute Gasteiger partial charge is 0.407 e. The van der Waals surface area contributed by atoms with Gasteiger partial charge in [0.2, 0.25) is 5.91 Å². The van der Waals surface area contributed by atoms with Crippen LogP contribution in [0.5, 0.6) is 0 Å². The molecule has 2 fully saturated rings. The number of halogens is 2. The van der Waals surface area contributed by atoms with E-state index in [1.165, 1.54) is 24.1 Å². The second-order valence-corrected chi connectivity index (χ2v) is 12.3. The Labute approximate surface area is 239 Å². The third-order valence-electron chi connectivity index (χ3n) is 8.62. The molecule has 0 saturated carbocycles. The Balaban J connectivity index is 1.35. The third kappa shape index (κ3) is 6.22. The summed E-state index contributed by atoms with van der Waals surface area (Å²) in [5.74, 6) is -0.373. The SMILES string of the molecule is CO[C@H]1CN(C[C@H]2CN(C(=O)O)[C@H](C)CN2CC(=O)N2CC(C)(C)c3ncc(Cc4ccc(F)cc4)cc32)C[C@H]1F. The van der Waals surface area contributed by atoms with Crippen molar-refractivity contribution in [1.82, 2.24) is 19.7 Å². The van der Waals surface area contributed by atoms with Crippen molar-refractivity contribution in [3.63, 3.8) is 0 Å². The summed E-state index contributed by atoms with van der Waals surface area (Å²) >= 11 is 0. The van der Waals surface area contributed by atoms with Gasteiger partial charge in [-0.2, -0.15) is 0 Å². The zero-order chi connectivity index (χ0) is 29.5. The minimum atomic E-state index is -1.10. The van der Waals surface area contributed by atoms with Gasteiger partial charge in [-0.05, 0) is 42.7 Å². The molecule has 4 heterocycles. The zero-order valence-corrected chi connectivity index (χ0v) is 24.1. The molecule has 2 amide bonds. The van der Waals surface area contributed by atoms with Gasteiger partial charge < -0.3 is 19.6 Å². The van der Waals surface area contributed by atoms with E-state index in [0.717, 1.165) is 22.5 Å². The average Bonchev–Trinajstić information content (AvgIpc) is 3.41. The lowest BCUT2D eigenvalue weighted by atomic mass is 9.91. The standard InChI is InChI=1S/C30H39F2N5O4/c1-19-12-35(23(14-36(19)29(39)40)13-34-15-24(32)26(16-34)41-4)17-27(38)37-18-30(2,3)28-25(37)10-21(11-33-28)9-20-5-7-22(31)8-6-20/h5-8,10-11,19,23-24,26H,9,12-18H2,1-4H3,(H,39,40)/t19-,23+,24-,26+/m1/s1. The molecule has 41 heavy (non-hydrogen) atoms. The summed E-state index contributed by atoms with van der Waals surface area (Å²) < 4.78 is 33.1. The van der Waals surface area contributed by atoms with E-state index in [1.54, 1.807) is 17.0 Å². The number of hydrogen-bond donors (Lipinski definition) is 1. The fourth-order valence-electron chi connectivity index (χ4n) is 6.41. The lowest BCUT2D eigenvalue weighted by Crippen LogP contribution is -2.62. The molecule has 0 bridgehead atoms. The van der Waals surface area contributed by atoms with Crippen LogP contribution < -0.4 is 4.90 Å². The van der Waals surface area contributed by atoms with Crippen molar-refractivity contribution in [1.29, 1.82) is 0 Å². The van der Waals surface area contributed by atoms with Crippen LogP contribution in [0.2, 0.25) is 0 Å². The number of aromatic nitrogens is 1. The van der Waals surface area contributed by atoms with Crippen LogP contribution in [0.25, 0.3) is 0 Å². The summed E-state index contributed by atoms with van der Waals surface area (Å²) in [6.07, 6.45) is -0.227. The molecule has 2 saturated heterocycles. The molecular weight excluding hydrogens is 532 g/mol. The molecule has 3 aliphatic heterocycles. The number of pyridine rings is 1. The van der Waals surface area contributed by atoms with Crippen molar-refractivity contribution in [3.05, 3.63) is 59.2 Å². The summed E-state index contributed by atoms with van der Waals surface area (Å²) in [4.78, 5) is 37.8. The molecule has 1 aromatic carbocycles. The van der Waals surface area contributed by atoms with Crippen molar-refractivity contribution in [3.8, 4) is 0 Å². The van der Waals surface area contributed by atoms with Crippen LogP contribution in [0.4, 0.5) is 19.3 Å². The molecule has 0 unspecified atom stereocenters. The minimum Gasteiger partial charge on any atom is -0.465 e. The molecule has 9 nitrogen and oxygen atoms in total. The number of benzene rings is 1. The highest BCUT2D eigenvalue weighted by molar-refractivity contribution is 5.97. The fraction of sp³-hybridized carbons (Fsp3) is 0.567. The van der Waals surface area contributed by atoms with E-state index < -0.39 is 18.4 Å². The van der Waals surface area contributed by atoms with E-state index in [0.29, 0.717) is 32.6 Å². The topological polar surface area (TPSA) is 89.5 Å². The van der Waals surface area contributed by atoms with Crippen LogP contribution in [0.3, 0.4) is 0 Å². The van der Waals surface area contributed by atoms with E-state index in [9.17, 15) is 23.5 Å². The van der Waals surface area contributed by atoms with Gasteiger partial charge in [-0.15, -0.1) is 0 Å². The van der Waals surface area contributed by atoms with Gasteiger partial charge >= 0.3 is 6.09 Å².